The summed E-state index contributed by atoms with van der Waals surface area (Å²) in [5.74, 6) is -28.1. The predicted molar refractivity (Wildman–Crippen MR) is 82.5 cm³/mol. The monoisotopic (exact) mass is 475 g/mol. The Hall–Kier alpha value is -0.830. The smallest absolute Gasteiger partial charge is 0.402 e. The molecule has 0 amide bonds. The Labute approximate surface area is 162 Å². The molecule has 0 aliphatic carbocycles. The summed E-state index contributed by atoms with van der Waals surface area (Å²) < 4.78 is 155. The van der Waals surface area contributed by atoms with E-state index in [2.05, 4.69) is 27.7 Å². The second-order valence-corrected chi connectivity index (χ2v) is 7.61. The van der Waals surface area contributed by atoms with Crippen molar-refractivity contribution in [2.75, 3.05) is 26.2 Å². The molecule has 0 aliphatic rings. The molecule has 0 spiro atoms. The SMILES string of the molecule is CC(F)(F)C(F)(F)C(F)(F)C(F)(F)C(F)(F)S(=O)(=O)[O-].CC[N+](CC)(CC)CC. The molecule has 0 saturated heterocycles. The minimum absolute atomic E-state index is 0.985. The lowest BCUT2D eigenvalue weighted by Crippen LogP contribution is -2.68. The van der Waals surface area contributed by atoms with Crippen molar-refractivity contribution in [3.8, 4) is 0 Å². The van der Waals surface area contributed by atoms with Crippen LogP contribution in [-0.4, -0.2) is 72.6 Å². The van der Waals surface area contributed by atoms with Gasteiger partial charge in [0.1, 0.15) is 0 Å². The Kier molecular flexibility index (Phi) is 9.55. The van der Waals surface area contributed by atoms with Gasteiger partial charge in [0.15, 0.2) is 10.1 Å². The maximum atomic E-state index is 12.6. The average Bonchev–Trinajstić information content (AvgIpc) is 2.55. The van der Waals surface area contributed by atoms with Gasteiger partial charge in [-0.3, -0.25) is 0 Å². The zero-order valence-electron chi connectivity index (χ0n) is 16.2. The zero-order chi connectivity index (χ0) is 24.3. The standard InChI is InChI=1S/C8H20N.C6H4F10O3S/c1-5-9(6-2,7-3)8-4;1-2(7,8)3(9,10)4(11,12)5(13,14)6(15,16)20(17,18)19/h5-8H2,1-4H3;1H3,(H,17,18,19)/q+1;/p-1. The van der Waals surface area contributed by atoms with E-state index >= 15 is 0 Å². The highest BCUT2D eigenvalue weighted by Crippen LogP contribution is 2.57. The summed E-state index contributed by atoms with van der Waals surface area (Å²) in [7, 11) is -7.54. The van der Waals surface area contributed by atoms with Crippen LogP contribution in [0.25, 0.3) is 0 Å². The molecular weight excluding hydrogens is 452 g/mol. The molecule has 0 N–H and O–H groups in total. The first-order chi connectivity index (χ1) is 12.5. The molecule has 29 heavy (non-hydrogen) atoms. The Morgan fingerprint density at radius 3 is 1.07 bits per heavy atom. The van der Waals surface area contributed by atoms with Crippen molar-refractivity contribution in [2.45, 2.75) is 63.6 Å². The Morgan fingerprint density at radius 1 is 0.655 bits per heavy atom. The Balaban J connectivity index is 0. The van der Waals surface area contributed by atoms with E-state index < -0.39 is 46.0 Å². The van der Waals surface area contributed by atoms with Crippen LogP contribution in [0.1, 0.15) is 34.6 Å². The van der Waals surface area contributed by atoms with E-state index in [0.717, 1.165) is 0 Å². The lowest BCUT2D eigenvalue weighted by atomic mass is 10.00. The maximum absolute atomic E-state index is 12.6. The molecule has 4 nitrogen and oxygen atoms in total. The van der Waals surface area contributed by atoms with E-state index in [4.69, 9.17) is 0 Å². The fourth-order valence-electron chi connectivity index (χ4n) is 2.15. The van der Waals surface area contributed by atoms with Crippen LogP contribution in [0.4, 0.5) is 43.9 Å². The molecule has 0 heterocycles. The largest absolute Gasteiger partial charge is 0.743 e. The van der Waals surface area contributed by atoms with Gasteiger partial charge >= 0.3 is 28.9 Å². The van der Waals surface area contributed by atoms with Crippen LogP contribution in [0, 0.1) is 0 Å². The normalized spacial score (nSPS) is 15.0. The summed E-state index contributed by atoms with van der Waals surface area (Å²) in [4.78, 5) is 0. The average molecular weight is 475 g/mol. The van der Waals surface area contributed by atoms with Gasteiger partial charge in [0.25, 0.3) is 0 Å². The van der Waals surface area contributed by atoms with Crippen molar-refractivity contribution < 1.29 is 61.4 Å². The van der Waals surface area contributed by atoms with Gasteiger partial charge in [0, 0.05) is 6.92 Å². The third-order valence-corrected chi connectivity index (χ3v) is 5.59. The van der Waals surface area contributed by atoms with Gasteiger partial charge in [0.2, 0.25) is 0 Å². The van der Waals surface area contributed by atoms with Gasteiger partial charge < -0.3 is 9.04 Å². The molecule has 0 radical (unpaired) electrons. The van der Waals surface area contributed by atoms with Crippen molar-refractivity contribution >= 4 is 10.1 Å². The van der Waals surface area contributed by atoms with Crippen LogP contribution < -0.4 is 0 Å². The summed E-state index contributed by atoms with van der Waals surface area (Å²) in [5, 5.41) is -7.24. The molecule has 178 valence electrons. The topological polar surface area (TPSA) is 57.2 Å². The van der Waals surface area contributed by atoms with Crippen LogP contribution in [0.5, 0.6) is 0 Å². The molecule has 15 heteroatoms. The van der Waals surface area contributed by atoms with Gasteiger partial charge in [-0.2, -0.15) is 43.9 Å². The quantitative estimate of drug-likeness (QED) is 0.279. The van der Waals surface area contributed by atoms with E-state index in [-0.39, 0.29) is 0 Å². The third-order valence-electron chi connectivity index (χ3n) is 4.70. The van der Waals surface area contributed by atoms with E-state index in [9.17, 15) is 56.9 Å². The van der Waals surface area contributed by atoms with Crippen LogP contribution >= 0.6 is 0 Å². The fraction of sp³-hybridized carbons (Fsp3) is 1.00. The maximum Gasteiger partial charge on any atom is 0.402 e. The Morgan fingerprint density at radius 2 is 0.931 bits per heavy atom. The highest BCUT2D eigenvalue weighted by Gasteiger charge is 2.86. The first-order valence-corrected chi connectivity index (χ1v) is 9.60. The molecular formula is C14H23F10NO3S. The molecule has 0 unspecified atom stereocenters. The lowest BCUT2D eigenvalue weighted by molar-refractivity contribution is -0.921. The lowest BCUT2D eigenvalue weighted by Gasteiger charge is -2.38. The van der Waals surface area contributed by atoms with Crippen molar-refractivity contribution in [1.29, 1.82) is 0 Å². The summed E-state index contributed by atoms with van der Waals surface area (Å²) in [6, 6.07) is 0. The number of quaternary nitrogens is 1. The number of nitrogens with zero attached hydrogens (tertiary/aromatic N) is 1. The summed E-state index contributed by atoms with van der Waals surface area (Å²) >= 11 is 0. The van der Waals surface area contributed by atoms with Crippen molar-refractivity contribution in [3.63, 3.8) is 0 Å². The van der Waals surface area contributed by atoms with E-state index in [1.54, 1.807) is 0 Å². The van der Waals surface area contributed by atoms with E-state index in [1.807, 2.05) is 0 Å². The number of rotatable bonds is 9. The third kappa shape index (κ3) is 5.46. The second-order valence-electron chi connectivity index (χ2n) is 6.19. The van der Waals surface area contributed by atoms with Crippen LogP contribution in [0.2, 0.25) is 0 Å². The predicted octanol–water partition coefficient (Wildman–Crippen LogP) is 4.57. The van der Waals surface area contributed by atoms with Crippen molar-refractivity contribution in [1.82, 2.24) is 0 Å². The van der Waals surface area contributed by atoms with E-state index in [0.29, 0.717) is 0 Å². The molecule has 0 rings (SSSR count). The van der Waals surface area contributed by atoms with Crippen molar-refractivity contribution in [2.24, 2.45) is 0 Å². The number of hydrogen-bond donors (Lipinski definition) is 0. The molecule has 0 aromatic heterocycles. The fourth-order valence-corrected chi connectivity index (χ4v) is 2.60. The number of halogens is 10. The minimum Gasteiger partial charge on any atom is -0.743 e. The van der Waals surface area contributed by atoms with E-state index in [1.165, 1.54) is 30.7 Å². The van der Waals surface area contributed by atoms with Gasteiger partial charge in [-0.1, -0.05) is 0 Å². The van der Waals surface area contributed by atoms with Crippen LogP contribution in [-0.2, 0) is 10.1 Å². The van der Waals surface area contributed by atoms with Gasteiger partial charge in [-0.15, -0.1) is 0 Å². The summed E-state index contributed by atoms with van der Waals surface area (Å²) in [6.45, 7) is 13.2. The highest BCUT2D eigenvalue weighted by atomic mass is 32.2. The molecule has 0 aromatic carbocycles. The summed E-state index contributed by atoms with van der Waals surface area (Å²) in [6.07, 6.45) is 0. The first-order valence-electron chi connectivity index (χ1n) is 8.19. The minimum atomic E-state index is -7.58. The summed E-state index contributed by atoms with van der Waals surface area (Å²) in [5.41, 5.74) is 0. The molecule has 0 atom stereocenters. The van der Waals surface area contributed by atoms with Crippen LogP contribution in [0.15, 0.2) is 0 Å². The molecule has 0 aliphatic heterocycles. The zero-order valence-corrected chi connectivity index (χ0v) is 17.0. The molecule has 0 fully saturated rings. The number of hydrogen-bond acceptors (Lipinski definition) is 3. The Bertz CT molecular complexity index is 611. The first kappa shape index (κ1) is 30.4. The molecule has 0 saturated carbocycles. The number of alkyl halides is 10. The van der Waals surface area contributed by atoms with Crippen molar-refractivity contribution in [3.05, 3.63) is 0 Å². The molecule has 0 aromatic rings. The second kappa shape index (κ2) is 9.12. The highest BCUT2D eigenvalue weighted by molar-refractivity contribution is 7.86. The molecule has 0 bridgehead atoms. The van der Waals surface area contributed by atoms with Gasteiger partial charge in [-0.25, -0.2) is 8.42 Å². The van der Waals surface area contributed by atoms with Gasteiger partial charge in [0.05, 0.1) is 26.2 Å². The van der Waals surface area contributed by atoms with Gasteiger partial charge in [-0.05, 0) is 27.7 Å². The van der Waals surface area contributed by atoms with Crippen LogP contribution in [0.3, 0.4) is 0 Å².